The summed E-state index contributed by atoms with van der Waals surface area (Å²) < 4.78 is 10.9. The second-order valence-electron chi connectivity index (χ2n) is 5.13. The molecule has 120 valence electrons. The first-order valence-electron chi connectivity index (χ1n) is 7.90. The predicted octanol–water partition coefficient (Wildman–Crippen LogP) is 3.44. The van der Waals surface area contributed by atoms with Crippen LogP contribution in [0.4, 0.5) is 5.95 Å². The summed E-state index contributed by atoms with van der Waals surface area (Å²) in [5.41, 5.74) is 0. The number of methoxy groups -OCH3 is 1. The van der Waals surface area contributed by atoms with Crippen LogP contribution >= 0.6 is 0 Å². The van der Waals surface area contributed by atoms with Gasteiger partial charge in [0.2, 0.25) is 5.95 Å². The summed E-state index contributed by atoms with van der Waals surface area (Å²) in [6.45, 7) is 7.14. The molecule has 0 fully saturated rings. The number of hydrogen-bond acceptors (Lipinski definition) is 6. The highest BCUT2D eigenvalue weighted by Gasteiger charge is 2.11. The monoisotopic (exact) mass is 296 g/mol. The lowest BCUT2D eigenvalue weighted by Crippen LogP contribution is -2.15. The lowest BCUT2D eigenvalue weighted by atomic mass is 10.1. The van der Waals surface area contributed by atoms with Gasteiger partial charge in [-0.3, -0.25) is 0 Å². The fourth-order valence-corrected chi connectivity index (χ4v) is 1.90. The van der Waals surface area contributed by atoms with Crippen LogP contribution in [-0.2, 0) is 0 Å². The molecule has 1 unspecified atom stereocenters. The first kappa shape index (κ1) is 17.5. The predicted molar refractivity (Wildman–Crippen MR) is 84.0 cm³/mol. The number of nitrogens with one attached hydrogen (secondary N) is 1. The molecular formula is C15H28N4O2. The normalized spacial score (nSPS) is 12.0. The summed E-state index contributed by atoms with van der Waals surface area (Å²) >= 11 is 0. The van der Waals surface area contributed by atoms with Crippen LogP contribution in [-0.4, -0.2) is 34.7 Å². The van der Waals surface area contributed by atoms with E-state index in [1.807, 2.05) is 6.92 Å². The van der Waals surface area contributed by atoms with Gasteiger partial charge in [0, 0.05) is 6.54 Å². The third-order valence-corrected chi connectivity index (χ3v) is 3.08. The van der Waals surface area contributed by atoms with Crippen molar-refractivity contribution < 1.29 is 9.47 Å². The van der Waals surface area contributed by atoms with E-state index < -0.39 is 0 Å². The average Bonchev–Trinajstić information content (AvgIpc) is 2.49. The van der Waals surface area contributed by atoms with Gasteiger partial charge in [0.25, 0.3) is 0 Å². The van der Waals surface area contributed by atoms with Crippen LogP contribution in [0.3, 0.4) is 0 Å². The van der Waals surface area contributed by atoms with E-state index in [1.54, 1.807) is 0 Å². The molecule has 0 saturated heterocycles. The van der Waals surface area contributed by atoms with E-state index in [0.29, 0.717) is 12.0 Å². The third-order valence-electron chi connectivity index (χ3n) is 3.08. The number of hydrogen-bond donors (Lipinski definition) is 1. The topological polar surface area (TPSA) is 69.2 Å². The number of nitrogens with zero attached hydrogens (tertiary/aromatic N) is 3. The number of anilines is 1. The minimum absolute atomic E-state index is 0.0907. The van der Waals surface area contributed by atoms with E-state index in [4.69, 9.17) is 9.47 Å². The molecule has 6 heteroatoms. The van der Waals surface area contributed by atoms with Crippen LogP contribution in [0.25, 0.3) is 0 Å². The summed E-state index contributed by atoms with van der Waals surface area (Å²) in [4.78, 5) is 12.6. The maximum atomic E-state index is 5.78. The zero-order valence-electron chi connectivity index (χ0n) is 13.7. The van der Waals surface area contributed by atoms with Crippen LogP contribution in [0.15, 0.2) is 0 Å². The minimum Gasteiger partial charge on any atom is -0.467 e. The molecule has 0 saturated carbocycles. The van der Waals surface area contributed by atoms with E-state index in [9.17, 15) is 0 Å². The molecule has 1 N–H and O–H groups in total. The van der Waals surface area contributed by atoms with Crippen molar-refractivity contribution >= 4 is 5.95 Å². The van der Waals surface area contributed by atoms with Gasteiger partial charge in [-0.05, 0) is 26.2 Å². The number of ether oxygens (including phenoxy) is 2. The summed E-state index contributed by atoms with van der Waals surface area (Å²) in [5, 5.41) is 3.12. The van der Waals surface area contributed by atoms with Crippen LogP contribution in [0.5, 0.6) is 12.0 Å². The average molecular weight is 296 g/mol. The van der Waals surface area contributed by atoms with Crippen LogP contribution in [0.2, 0.25) is 0 Å². The van der Waals surface area contributed by atoms with Crippen molar-refractivity contribution in [3.8, 4) is 12.0 Å². The maximum absolute atomic E-state index is 5.78. The van der Waals surface area contributed by atoms with Crippen molar-refractivity contribution in [2.24, 2.45) is 0 Å². The summed E-state index contributed by atoms with van der Waals surface area (Å²) in [6, 6.07) is 0.597. The molecular weight excluding hydrogens is 268 g/mol. The van der Waals surface area contributed by atoms with Crippen molar-refractivity contribution in [3.05, 3.63) is 0 Å². The van der Waals surface area contributed by atoms with Crippen molar-refractivity contribution in [2.45, 2.75) is 65.4 Å². The molecule has 21 heavy (non-hydrogen) atoms. The highest BCUT2D eigenvalue weighted by atomic mass is 16.5. The molecule has 0 aliphatic carbocycles. The van der Waals surface area contributed by atoms with Crippen molar-refractivity contribution in [3.63, 3.8) is 0 Å². The van der Waals surface area contributed by atoms with Gasteiger partial charge in [0.05, 0.1) is 13.2 Å². The van der Waals surface area contributed by atoms with E-state index >= 15 is 0 Å². The van der Waals surface area contributed by atoms with Gasteiger partial charge in [-0.15, -0.1) is 4.98 Å². The summed E-state index contributed by atoms with van der Waals surface area (Å²) in [6.07, 6.45) is 7.02. The Kier molecular flexibility index (Phi) is 8.47. The highest BCUT2D eigenvalue weighted by molar-refractivity contribution is 5.27. The van der Waals surface area contributed by atoms with Gasteiger partial charge in [0.15, 0.2) is 0 Å². The van der Waals surface area contributed by atoms with E-state index in [2.05, 4.69) is 34.1 Å². The van der Waals surface area contributed by atoms with E-state index in [1.165, 1.54) is 26.4 Å². The highest BCUT2D eigenvalue weighted by Crippen LogP contribution is 2.16. The molecule has 1 heterocycles. The smallest absolute Gasteiger partial charge is 0.324 e. The molecule has 1 aromatic heterocycles. The maximum Gasteiger partial charge on any atom is 0.324 e. The van der Waals surface area contributed by atoms with E-state index in [-0.39, 0.29) is 12.1 Å². The second kappa shape index (κ2) is 10.2. The Hall–Kier alpha value is -1.59. The van der Waals surface area contributed by atoms with Crippen LogP contribution < -0.4 is 14.8 Å². The number of aromatic nitrogens is 3. The molecule has 0 aliphatic heterocycles. The van der Waals surface area contributed by atoms with Gasteiger partial charge in [-0.1, -0.05) is 33.1 Å². The molecule has 0 aliphatic rings. The quantitative estimate of drug-likeness (QED) is 0.631. The second-order valence-corrected chi connectivity index (χ2v) is 5.13. The van der Waals surface area contributed by atoms with Gasteiger partial charge >= 0.3 is 12.0 Å². The molecule has 0 bridgehead atoms. The van der Waals surface area contributed by atoms with Crippen LogP contribution in [0, 0.1) is 0 Å². The molecule has 1 rings (SSSR count). The summed E-state index contributed by atoms with van der Waals surface area (Å²) in [7, 11) is 1.54. The number of unbranched alkanes of at least 4 members (excludes halogenated alkanes) is 3. The van der Waals surface area contributed by atoms with Crippen molar-refractivity contribution in [2.75, 3.05) is 19.0 Å². The molecule has 6 nitrogen and oxygen atoms in total. The van der Waals surface area contributed by atoms with Crippen molar-refractivity contribution in [1.82, 2.24) is 15.0 Å². The Morgan fingerprint density at radius 3 is 2.43 bits per heavy atom. The SMILES string of the molecule is CCCCCCC(C)Oc1nc(NCCC)nc(OC)n1. The Labute approximate surface area is 127 Å². The molecule has 0 radical (unpaired) electrons. The third kappa shape index (κ3) is 7.11. The zero-order valence-corrected chi connectivity index (χ0v) is 13.7. The fourth-order valence-electron chi connectivity index (χ4n) is 1.90. The molecule has 1 aromatic rings. The lowest BCUT2D eigenvalue weighted by molar-refractivity contribution is 0.186. The van der Waals surface area contributed by atoms with Gasteiger partial charge < -0.3 is 14.8 Å². The largest absolute Gasteiger partial charge is 0.467 e. The minimum atomic E-state index is 0.0907. The molecule has 1 atom stereocenters. The Balaban J connectivity index is 2.55. The molecule has 0 amide bonds. The van der Waals surface area contributed by atoms with Gasteiger partial charge in [-0.2, -0.15) is 9.97 Å². The van der Waals surface area contributed by atoms with Crippen molar-refractivity contribution in [1.29, 1.82) is 0 Å². The fraction of sp³-hybridized carbons (Fsp3) is 0.800. The van der Waals surface area contributed by atoms with Gasteiger partial charge in [0.1, 0.15) is 0 Å². The summed E-state index contributed by atoms with van der Waals surface area (Å²) in [5.74, 6) is 0.497. The van der Waals surface area contributed by atoms with Crippen LogP contribution in [0.1, 0.15) is 59.3 Å². The molecule has 0 spiro atoms. The Morgan fingerprint density at radius 2 is 1.76 bits per heavy atom. The first-order valence-corrected chi connectivity index (χ1v) is 7.90. The Morgan fingerprint density at radius 1 is 1.00 bits per heavy atom. The molecule has 0 aromatic carbocycles. The number of rotatable bonds is 11. The van der Waals surface area contributed by atoms with E-state index in [0.717, 1.165) is 25.8 Å². The zero-order chi connectivity index (χ0) is 15.5. The standard InChI is InChI=1S/C15H28N4O2/c1-5-7-8-9-10-12(3)21-15-18-13(16-11-6-2)17-14(19-15)20-4/h12H,5-11H2,1-4H3,(H,16,17,18,19). The lowest BCUT2D eigenvalue weighted by Gasteiger charge is -2.14. The Bertz CT molecular complexity index is 401. The first-order chi connectivity index (χ1) is 10.2. The van der Waals surface area contributed by atoms with Gasteiger partial charge in [-0.25, -0.2) is 0 Å².